The fourth-order valence-electron chi connectivity index (χ4n) is 1.34. The molecule has 4 heteroatoms. The molecule has 0 radical (unpaired) electrons. The average molecular weight is 253 g/mol. The van der Waals surface area contributed by atoms with Crippen molar-refractivity contribution < 1.29 is 4.74 Å². The monoisotopic (exact) mass is 253 g/mol. The minimum absolute atomic E-state index is 0.740. The number of ether oxygens (including phenoxy) is 1. The van der Waals surface area contributed by atoms with Crippen LogP contribution in [0, 0.1) is 0 Å². The highest BCUT2D eigenvalue weighted by Crippen LogP contribution is 2.25. The Labute approximate surface area is 104 Å². The maximum atomic E-state index is 5.52. The molecule has 1 aromatic carbocycles. The summed E-state index contributed by atoms with van der Waals surface area (Å²) < 4.78 is 6.77. The number of thiazole rings is 1. The summed E-state index contributed by atoms with van der Waals surface area (Å²) in [5.41, 5.74) is 2.97. The lowest BCUT2D eigenvalue weighted by atomic mass is 10.3. The first-order valence-electron chi connectivity index (χ1n) is 5.44. The molecule has 2 aromatic rings. The Morgan fingerprint density at radius 3 is 3.25 bits per heavy atom. The molecule has 0 N–H and O–H groups in total. The number of hydrogen-bond acceptors (Lipinski definition) is 4. The van der Waals surface area contributed by atoms with E-state index in [1.54, 1.807) is 23.1 Å². The van der Waals surface area contributed by atoms with Crippen molar-refractivity contribution in [1.82, 2.24) is 4.98 Å². The van der Waals surface area contributed by atoms with Gasteiger partial charge in [-0.3, -0.25) is 0 Å². The number of nitrogens with zero attached hydrogens (tertiary/aromatic N) is 1. The van der Waals surface area contributed by atoms with E-state index in [-0.39, 0.29) is 0 Å². The van der Waals surface area contributed by atoms with E-state index < -0.39 is 0 Å². The van der Waals surface area contributed by atoms with Crippen molar-refractivity contribution in [3.8, 4) is 0 Å². The van der Waals surface area contributed by atoms with Crippen LogP contribution >= 0.6 is 23.1 Å². The quantitative estimate of drug-likeness (QED) is 0.438. The summed E-state index contributed by atoms with van der Waals surface area (Å²) in [6, 6.07) is 6.36. The number of benzene rings is 1. The van der Waals surface area contributed by atoms with E-state index in [4.69, 9.17) is 4.74 Å². The number of fused-ring (bicyclic) bond motifs is 1. The van der Waals surface area contributed by atoms with Crippen LogP contribution in [0.5, 0.6) is 0 Å². The number of hydrogen-bond donors (Lipinski definition) is 0. The summed E-state index contributed by atoms with van der Waals surface area (Å²) in [5, 5.41) is 0. The highest BCUT2D eigenvalue weighted by atomic mass is 32.2. The average Bonchev–Trinajstić information content (AvgIpc) is 2.76. The molecule has 16 heavy (non-hydrogen) atoms. The van der Waals surface area contributed by atoms with Crippen molar-refractivity contribution in [2.75, 3.05) is 12.5 Å². The maximum Gasteiger partial charge on any atom is 0.0966 e. The summed E-state index contributed by atoms with van der Waals surface area (Å²) in [5.74, 6) is 0.740. The summed E-state index contributed by atoms with van der Waals surface area (Å²) in [6.07, 6.45) is 2.34. The topological polar surface area (TPSA) is 22.1 Å². The van der Waals surface area contributed by atoms with Crippen molar-refractivity contribution in [3.63, 3.8) is 0 Å². The molecule has 1 aromatic heterocycles. The van der Waals surface area contributed by atoms with Crippen LogP contribution in [0.1, 0.15) is 19.8 Å². The van der Waals surface area contributed by atoms with Gasteiger partial charge in [-0.2, -0.15) is 0 Å². The van der Waals surface area contributed by atoms with Crippen LogP contribution < -0.4 is 0 Å². The zero-order chi connectivity index (χ0) is 11.2. The van der Waals surface area contributed by atoms with Crippen molar-refractivity contribution >= 4 is 33.3 Å². The van der Waals surface area contributed by atoms with Gasteiger partial charge in [0.15, 0.2) is 0 Å². The zero-order valence-corrected chi connectivity index (χ0v) is 10.9. The SMILES string of the molecule is CCCCOCSc1ccc2ncsc2c1. The van der Waals surface area contributed by atoms with E-state index in [1.165, 1.54) is 16.0 Å². The second kappa shape index (κ2) is 6.23. The molecule has 0 saturated heterocycles. The maximum absolute atomic E-state index is 5.52. The molecular formula is C12H15NOS2. The van der Waals surface area contributed by atoms with E-state index in [0.717, 1.165) is 24.5 Å². The molecule has 0 aliphatic carbocycles. The van der Waals surface area contributed by atoms with Gasteiger partial charge in [0.1, 0.15) is 0 Å². The Hall–Kier alpha value is -0.580. The fourth-order valence-corrected chi connectivity index (χ4v) is 2.83. The molecule has 0 atom stereocenters. The second-order valence-electron chi connectivity index (χ2n) is 3.51. The van der Waals surface area contributed by atoms with E-state index in [2.05, 4.69) is 30.1 Å². The van der Waals surface area contributed by atoms with Gasteiger partial charge in [0, 0.05) is 11.5 Å². The smallest absolute Gasteiger partial charge is 0.0966 e. The van der Waals surface area contributed by atoms with Gasteiger partial charge in [-0.15, -0.1) is 11.3 Å². The number of rotatable bonds is 6. The Bertz CT molecular complexity index is 441. The first kappa shape index (κ1) is 11.9. The minimum atomic E-state index is 0.740. The van der Waals surface area contributed by atoms with Crippen LogP contribution in [0.15, 0.2) is 28.6 Å². The van der Waals surface area contributed by atoms with Crippen LogP contribution in [-0.4, -0.2) is 17.5 Å². The predicted molar refractivity (Wildman–Crippen MR) is 71.2 cm³/mol. The predicted octanol–water partition coefficient (Wildman–Crippen LogP) is 4.16. The molecule has 86 valence electrons. The van der Waals surface area contributed by atoms with Gasteiger partial charge in [-0.25, -0.2) is 4.98 Å². The summed E-state index contributed by atoms with van der Waals surface area (Å²) >= 11 is 3.43. The zero-order valence-electron chi connectivity index (χ0n) is 9.31. The van der Waals surface area contributed by atoms with Gasteiger partial charge < -0.3 is 4.74 Å². The summed E-state index contributed by atoms with van der Waals surface area (Å²) in [4.78, 5) is 5.52. The molecule has 0 bridgehead atoms. The Morgan fingerprint density at radius 2 is 2.38 bits per heavy atom. The number of aromatic nitrogens is 1. The van der Waals surface area contributed by atoms with Gasteiger partial charge >= 0.3 is 0 Å². The van der Waals surface area contributed by atoms with Crippen molar-refractivity contribution in [3.05, 3.63) is 23.7 Å². The molecule has 2 nitrogen and oxygen atoms in total. The molecule has 0 aliphatic heterocycles. The highest BCUT2D eigenvalue weighted by molar-refractivity contribution is 7.99. The largest absolute Gasteiger partial charge is 0.371 e. The summed E-state index contributed by atoms with van der Waals surface area (Å²) in [6.45, 7) is 3.04. The van der Waals surface area contributed by atoms with E-state index in [0.29, 0.717) is 0 Å². The second-order valence-corrected chi connectivity index (χ2v) is 5.39. The Balaban J connectivity index is 1.84. The normalized spacial score (nSPS) is 11.1. The third kappa shape index (κ3) is 3.20. The lowest BCUT2D eigenvalue weighted by Crippen LogP contribution is -1.92. The fraction of sp³-hybridized carbons (Fsp3) is 0.417. The lowest BCUT2D eigenvalue weighted by Gasteiger charge is -2.03. The molecule has 0 saturated carbocycles. The molecule has 0 aliphatic rings. The Morgan fingerprint density at radius 1 is 1.44 bits per heavy atom. The third-order valence-electron chi connectivity index (χ3n) is 2.25. The molecule has 1 heterocycles. The molecule has 0 spiro atoms. The van der Waals surface area contributed by atoms with Gasteiger partial charge in [-0.1, -0.05) is 25.1 Å². The van der Waals surface area contributed by atoms with Crippen molar-refractivity contribution in [2.45, 2.75) is 24.7 Å². The standard InChI is InChI=1S/C12H15NOS2/c1-2-3-6-14-9-16-10-4-5-11-12(7-10)15-8-13-11/h4-5,7-8H,2-3,6,9H2,1H3. The van der Waals surface area contributed by atoms with Gasteiger partial charge in [0.05, 0.1) is 21.7 Å². The first-order chi connectivity index (χ1) is 7.90. The van der Waals surface area contributed by atoms with Crippen LogP contribution in [0.25, 0.3) is 10.2 Å². The van der Waals surface area contributed by atoms with Crippen LogP contribution in [0.4, 0.5) is 0 Å². The van der Waals surface area contributed by atoms with E-state index in [1.807, 2.05) is 5.51 Å². The van der Waals surface area contributed by atoms with Gasteiger partial charge in [0.2, 0.25) is 0 Å². The minimum Gasteiger partial charge on any atom is -0.371 e. The van der Waals surface area contributed by atoms with Crippen LogP contribution in [-0.2, 0) is 4.74 Å². The third-order valence-corrected chi connectivity index (χ3v) is 3.92. The number of thioether (sulfide) groups is 1. The van der Waals surface area contributed by atoms with Gasteiger partial charge in [0.25, 0.3) is 0 Å². The molecule has 2 rings (SSSR count). The van der Waals surface area contributed by atoms with Crippen LogP contribution in [0.2, 0.25) is 0 Å². The van der Waals surface area contributed by atoms with E-state index in [9.17, 15) is 0 Å². The van der Waals surface area contributed by atoms with E-state index >= 15 is 0 Å². The number of unbranched alkanes of at least 4 members (excludes halogenated alkanes) is 1. The molecule has 0 unspecified atom stereocenters. The molecular weight excluding hydrogens is 238 g/mol. The van der Waals surface area contributed by atoms with Crippen molar-refractivity contribution in [2.24, 2.45) is 0 Å². The van der Waals surface area contributed by atoms with Crippen LogP contribution in [0.3, 0.4) is 0 Å². The first-order valence-corrected chi connectivity index (χ1v) is 7.30. The van der Waals surface area contributed by atoms with Gasteiger partial charge in [-0.05, 0) is 24.6 Å². The summed E-state index contributed by atoms with van der Waals surface area (Å²) in [7, 11) is 0. The molecule has 0 fully saturated rings. The van der Waals surface area contributed by atoms with Crippen molar-refractivity contribution in [1.29, 1.82) is 0 Å². The highest BCUT2D eigenvalue weighted by Gasteiger charge is 1.99. The Kier molecular flexibility index (Phi) is 4.63. The lowest BCUT2D eigenvalue weighted by molar-refractivity contribution is 0.179. The molecule has 0 amide bonds.